The molecule has 9 nitrogen and oxygen atoms in total. The lowest BCUT2D eigenvalue weighted by Gasteiger charge is -2.07. The van der Waals surface area contributed by atoms with Crippen molar-refractivity contribution in [1.29, 1.82) is 0 Å². The second-order valence-electron chi connectivity index (χ2n) is 6.44. The van der Waals surface area contributed by atoms with Gasteiger partial charge in [-0.1, -0.05) is 23.7 Å². The molecule has 0 radical (unpaired) electrons. The molecular weight excluding hydrogens is 426 g/mol. The summed E-state index contributed by atoms with van der Waals surface area (Å²) in [5.74, 6) is -0.0624. The predicted octanol–water partition coefficient (Wildman–Crippen LogP) is 5.48. The van der Waals surface area contributed by atoms with E-state index < -0.39 is 17.0 Å². The third kappa shape index (κ3) is 4.31. The average molecular weight is 440 g/mol. The molecule has 0 amide bonds. The summed E-state index contributed by atoms with van der Waals surface area (Å²) >= 11 is 6.15. The van der Waals surface area contributed by atoms with Gasteiger partial charge in [-0.2, -0.15) is 0 Å². The molecule has 0 saturated heterocycles. The SMILES string of the molecule is CC(OC(=O)c1ccc(-c2ccccc2Cl)o1)c1nnc(-c2ccc([N+](=O)[O-])cc2)o1. The van der Waals surface area contributed by atoms with Crippen LogP contribution in [-0.2, 0) is 4.74 Å². The van der Waals surface area contributed by atoms with Crippen LogP contribution in [0.25, 0.3) is 22.8 Å². The minimum Gasteiger partial charge on any atom is -0.449 e. The van der Waals surface area contributed by atoms with E-state index in [0.717, 1.165) is 0 Å². The lowest BCUT2D eigenvalue weighted by Crippen LogP contribution is -2.08. The summed E-state index contributed by atoms with van der Waals surface area (Å²) in [5, 5.41) is 19.0. The molecular formula is C21H14ClN3O6. The number of ether oxygens (including phenoxy) is 1. The molecule has 0 saturated carbocycles. The fourth-order valence-electron chi connectivity index (χ4n) is 2.76. The van der Waals surface area contributed by atoms with Crippen LogP contribution < -0.4 is 0 Å². The van der Waals surface area contributed by atoms with Crippen molar-refractivity contribution >= 4 is 23.3 Å². The predicted molar refractivity (Wildman–Crippen MR) is 109 cm³/mol. The third-order valence-electron chi connectivity index (χ3n) is 4.34. The molecule has 1 unspecified atom stereocenters. The van der Waals surface area contributed by atoms with Crippen molar-refractivity contribution < 1.29 is 23.3 Å². The van der Waals surface area contributed by atoms with Crippen molar-refractivity contribution in [1.82, 2.24) is 10.2 Å². The highest BCUT2D eigenvalue weighted by atomic mass is 35.5. The fourth-order valence-corrected chi connectivity index (χ4v) is 2.99. The van der Waals surface area contributed by atoms with Crippen molar-refractivity contribution in [2.75, 3.05) is 0 Å². The van der Waals surface area contributed by atoms with E-state index in [1.807, 2.05) is 6.07 Å². The molecule has 0 bridgehead atoms. The van der Waals surface area contributed by atoms with Gasteiger partial charge in [0, 0.05) is 23.3 Å². The summed E-state index contributed by atoms with van der Waals surface area (Å²) in [6, 6.07) is 15.9. The van der Waals surface area contributed by atoms with Crippen molar-refractivity contribution in [3.8, 4) is 22.8 Å². The Hall–Kier alpha value is -3.98. The molecule has 0 aliphatic carbocycles. The van der Waals surface area contributed by atoms with Gasteiger partial charge in [-0.15, -0.1) is 10.2 Å². The Morgan fingerprint density at radius 2 is 1.81 bits per heavy atom. The van der Waals surface area contributed by atoms with Crippen LogP contribution in [0.15, 0.2) is 69.5 Å². The van der Waals surface area contributed by atoms with Gasteiger partial charge in [0.15, 0.2) is 6.10 Å². The van der Waals surface area contributed by atoms with Crippen LogP contribution in [0.3, 0.4) is 0 Å². The van der Waals surface area contributed by atoms with Crippen LogP contribution in [0, 0.1) is 10.1 Å². The van der Waals surface area contributed by atoms with Gasteiger partial charge in [-0.25, -0.2) is 4.79 Å². The van der Waals surface area contributed by atoms with Crippen molar-refractivity contribution in [2.45, 2.75) is 13.0 Å². The Bertz CT molecular complexity index is 1250. The quantitative estimate of drug-likeness (QED) is 0.220. The van der Waals surface area contributed by atoms with Gasteiger partial charge in [-0.05, 0) is 43.3 Å². The fraction of sp³-hybridized carbons (Fsp3) is 0.0952. The first-order chi connectivity index (χ1) is 14.9. The summed E-state index contributed by atoms with van der Waals surface area (Å²) in [7, 11) is 0. The van der Waals surface area contributed by atoms with Gasteiger partial charge in [0.1, 0.15) is 5.76 Å². The van der Waals surface area contributed by atoms with E-state index in [4.69, 9.17) is 25.2 Å². The molecule has 0 fully saturated rings. The molecule has 2 aromatic carbocycles. The molecule has 0 aliphatic rings. The number of furan rings is 1. The molecule has 2 aromatic heterocycles. The number of nitro benzene ring substituents is 1. The second-order valence-corrected chi connectivity index (χ2v) is 6.85. The lowest BCUT2D eigenvalue weighted by atomic mass is 10.2. The van der Waals surface area contributed by atoms with Crippen molar-refractivity contribution in [3.05, 3.63) is 87.5 Å². The van der Waals surface area contributed by atoms with E-state index in [1.54, 1.807) is 31.2 Å². The first-order valence-electron chi connectivity index (χ1n) is 9.06. The Morgan fingerprint density at radius 1 is 1.06 bits per heavy atom. The highest BCUT2D eigenvalue weighted by Crippen LogP contribution is 2.30. The molecule has 156 valence electrons. The molecule has 10 heteroatoms. The molecule has 4 aromatic rings. The minimum absolute atomic E-state index is 0.00289. The number of hydrogen-bond acceptors (Lipinski definition) is 8. The second kappa shape index (κ2) is 8.41. The number of carbonyl (C=O) groups is 1. The number of non-ortho nitro benzene ring substituents is 1. The van der Waals surface area contributed by atoms with Crippen LogP contribution in [0.1, 0.15) is 29.5 Å². The van der Waals surface area contributed by atoms with E-state index in [1.165, 1.54) is 30.3 Å². The topological polar surface area (TPSA) is 122 Å². The van der Waals surface area contributed by atoms with E-state index in [9.17, 15) is 14.9 Å². The summed E-state index contributed by atoms with van der Waals surface area (Å²) in [6.07, 6.45) is -0.847. The molecule has 2 heterocycles. The van der Waals surface area contributed by atoms with Crippen molar-refractivity contribution in [3.63, 3.8) is 0 Å². The lowest BCUT2D eigenvalue weighted by molar-refractivity contribution is -0.384. The standard InChI is InChI=1S/C21H14ClN3O6/c1-12(19-23-24-20(31-19)13-6-8-14(9-7-13)25(27)28)29-21(26)18-11-10-17(30-18)15-4-2-3-5-16(15)22/h2-12H,1H3. The van der Waals surface area contributed by atoms with Crippen LogP contribution in [0.5, 0.6) is 0 Å². The highest BCUT2D eigenvalue weighted by Gasteiger charge is 2.22. The minimum atomic E-state index is -0.847. The Kier molecular flexibility index (Phi) is 5.50. The Labute approximate surface area is 180 Å². The number of aromatic nitrogens is 2. The molecule has 0 spiro atoms. The Balaban J connectivity index is 1.45. The molecule has 31 heavy (non-hydrogen) atoms. The van der Waals surface area contributed by atoms with Gasteiger partial charge in [0.25, 0.3) is 11.6 Å². The summed E-state index contributed by atoms with van der Waals surface area (Å²) < 4.78 is 16.5. The van der Waals surface area contributed by atoms with Gasteiger partial charge in [-0.3, -0.25) is 10.1 Å². The number of nitro groups is 1. The van der Waals surface area contributed by atoms with Crippen LogP contribution in [0.4, 0.5) is 5.69 Å². The number of halogens is 1. The summed E-state index contributed by atoms with van der Waals surface area (Å²) in [5.41, 5.74) is 1.10. The van der Waals surface area contributed by atoms with E-state index in [-0.39, 0.29) is 23.2 Å². The first-order valence-corrected chi connectivity index (χ1v) is 9.44. The van der Waals surface area contributed by atoms with E-state index in [2.05, 4.69) is 10.2 Å². The number of hydrogen-bond donors (Lipinski definition) is 0. The van der Waals surface area contributed by atoms with E-state index >= 15 is 0 Å². The number of carbonyl (C=O) groups excluding carboxylic acids is 1. The number of esters is 1. The number of benzene rings is 2. The third-order valence-corrected chi connectivity index (χ3v) is 4.67. The van der Waals surface area contributed by atoms with Crippen LogP contribution >= 0.6 is 11.6 Å². The summed E-state index contributed by atoms with van der Waals surface area (Å²) in [6.45, 7) is 1.57. The van der Waals surface area contributed by atoms with Crippen LogP contribution in [0.2, 0.25) is 5.02 Å². The average Bonchev–Trinajstić information content (AvgIpc) is 3.44. The molecule has 1 atom stereocenters. The zero-order chi connectivity index (χ0) is 22.0. The van der Waals surface area contributed by atoms with Gasteiger partial charge in [0.2, 0.25) is 11.7 Å². The van der Waals surface area contributed by atoms with Gasteiger partial charge in [0.05, 0.1) is 9.95 Å². The van der Waals surface area contributed by atoms with Gasteiger partial charge < -0.3 is 13.6 Å². The molecule has 4 rings (SSSR count). The Morgan fingerprint density at radius 3 is 2.52 bits per heavy atom. The highest BCUT2D eigenvalue weighted by molar-refractivity contribution is 6.33. The van der Waals surface area contributed by atoms with Gasteiger partial charge >= 0.3 is 5.97 Å². The zero-order valence-electron chi connectivity index (χ0n) is 16.0. The number of nitrogens with zero attached hydrogens (tertiary/aromatic N) is 3. The summed E-state index contributed by atoms with van der Waals surface area (Å²) in [4.78, 5) is 22.7. The smallest absolute Gasteiger partial charge is 0.375 e. The maximum absolute atomic E-state index is 12.4. The van der Waals surface area contributed by atoms with Crippen LogP contribution in [-0.4, -0.2) is 21.1 Å². The maximum atomic E-state index is 12.4. The number of rotatable bonds is 6. The normalized spacial score (nSPS) is 11.8. The van der Waals surface area contributed by atoms with Crippen molar-refractivity contribution in [2.24, 2.45) is 0 Å². The molecule has 0 aliphatic heterocycles. The first kappa shape index (κ1) is 20.3. The largest absolute Gasteiger partial charge is 0.449 e. The monoisotopic (exact) mass is 439 g/mol. The molecule has 0 N–H and O–H groups in total. The zero-order valence-corrected chi connectivity index (χ0v) is 16.8. The van der Waals surface area contributed by atoms with E-state index in [0.29, 0.717) is 21.9 Å². The maximum Gasteiger partial charge on any atom is 0.375 e.